The van der Waals surface area contributed by atoms with E-state index in [0.29, 0.717) is 17.9 Å². The molecule has 0 unspecified atom stereocenters. The van der Waals surface area contributed by atoms with Gasteiger partial charge in [0.15, 0.2) is 0 Å². The Balaban J connectivity index is 1.82. The highest BCUT2D eigenvalue weighted by Gasteiger charge is 2.46. The number of likely N-dealkylation sites (tertiary alicyclic amines) is 1. The molecule has 0 saturated carbocycles. The molecule has 0 spiro atoms. The highest BCUT2D eigenvalue weighted by Crippen LogP contribution is 2.50. The van der Waals surface area contributed by atoms with E-state index in [2.05, 4.69) is 53.6 Å². The topological polar surface area (TPSA) is 62.5 Å². The van der Waals surface area contributed by atoms with E-state index in [0.717, 1.165) is 44.0 Å². The van der Waals surface area contributed by atoms with Crippen LogP contribution in [0.25, 0.3) is 22.2 Å². The molecule has 1 N–H and O–H groups in total. The molecule has 178 valence electrons. The fourth-order valence-corrected chi connectivity index (χ4v) is 6.66. The number of carboxylic acids is 1. The summed E-state index contributed by atoms with van der Waals surface area (Å²) in [5.41, 5.74) is 6.93. The minimum Gasteiger partial charge on any atom is -0.480 e. The van der Waals surface area contributed by atoms with Crippen LogP contribution in [0, 0.1) is 0 Å². The van der Waals surface area contributed by atoms with Gasteiger partial charge in [-0.05, 0) is 49.4 Å². The molecule has 1 saturated heterocycles. The van der Waals surface area contributed by atoms with Crippen molar-refractivity contribution in [1.29, 1.82) is 0 Å². The fourth-order valence-electron chi connectivity index (χ4n) is 6.66. The van der Waals surface area contributed by atoms with Gasteiger partial charge in [-0.15, -0.1) is 0 Å². The molecule has 2 aromatic carbocycles. The number of aromatic nitrogens is 1. The van der Waals surface area contributed by atoms with Crippen molar-refractivity contribution >= 4 is 23.2 Å². The van der Waals surface area contributed by atoms with Crippen molar-refractivity contribution in [2.75, 3.05) is 7.05 Å². The number of likely N-dealkylation sites (N-methyl/N-ethyl adjacent to an activating group) is 1. The number of carbonyl (C=O) groups excluding carboxylic acids is 1. The molecule has 2 aliphatic heterocycles. The van der Waals surface area contributed by atoms with Crippen molar-refractivity contribution in [3.63, 3.8) is 0 Å². The van der Waals surface area contributed by atoms with Crippen LogP contribution in [0.5, 0.6) is 0 Å². The van der Waals surface area contributed by atoms with Gasteiger partial charge in [0.1, 0.15) is 12.3 Å². The number of aldehydes is 1. The number of aliphatic carboxylic acids is 1. The van der Waals surface area contributed by atoms with Gasteiger partial charge in [-0.3, -0.25) is 14.5 Å². The van der Waals surface area contributed by atoms with E-state index in [4.69, 9.17) is 0 Å². The van der Waals surface area contributed by atoms with Crippen LogP contribution >= 0.6 is 0 Å². The zero-order valence-corrected chi connectivity index (χ0v) is 20.3. The number of nitrogens with zero attached hydrogens (tertiary/aromatic N) is 2. The van der Waals surface area contributed by atoms with Gasteiger partial charge in [-0.1, -0.05) is 63.1 Å². The third-order valence-corrected chi connectivity index (χ3v) is 8.17. The fraction of sp³-hybridized carbons (Fsp3) is 0.448. The lowest BCUT2D eigenvalue weighted by atomic mass is 9.83. The first-order valence-corrected chi connectivity index (χ1v) is 12.6. The highest BCUT2D eigenvalue weighted by atomic mass is 16.4. The van der Waals surface area contributed by atoms with Gasteiger partial charge in [-0.2, -0.15) is 0 Å². The summed E-state index contributed by atoms with van der Waals surface area (Å²) in [7, 11) is 1.96. The molecule has 2 aliphatic rings. The first-order chi connectivity index (χ1) is 16.5. The van der Waals surface area contributed by atoms with E-state index in [9.17, 15) is 14.7 Å². The summed E-state index contributed by atoms with van der Waals surface area (Å²) in [6.45, 7) is 5.23. The average Bonchev–Trinajstić information content (AvgIpc) is 3.28. The minimum atomic E-state index is -0.750. The lowest BCUT2D eigenvalue weighted by Gasteiger charge is -2.26. The number of benzene rings is 2. The molecule has 1 fully saturated rings. The van der Waals surface area contributed by atoms with Gasteiger partial charge in [-0.25, -0.2) is 0 Å². The second kappa shape index (κ2) is 9.03. The van der Waals surface area contributed by atoms with Crippen molar-refractivity contribution in [1.82, 2.24) is 9.47 Å². The molecule has 34 heavy (non-hydrogen) atoms. The zero-order chi connectivity index (χ0) is 24.0. The van der Waals surface area contributed by atoms with Gasteiger partial charge in [0, 0.05) is 40.5 Å². The monoisotopic (exact) mass is 458 g/mol. The Morgan fingerprint density at radius 2 is 1.88 bits per heavy atom. The van der Waals surface area contributed by atoms with Crippen LogP contribution in [0.1, 0.15) is 79.3 Å². The van der Waals surface area contributed by atoms with Crippen LogP contribution in [0.2, 0.25) is 0 Å². The number of carbonyl (C=O) groups is 2. The number of fused-ring (bicyclic) bond motifs is 7. The number of hydrogen-bond acceptors (Lipinski definition) is 3. The maximum absolute atomic E-state index is 12.0. The Bertz CT molecular complexity index is 1240. The van der Waals surface area contributed by atoms with Crippen molar-refractivity contribution < 1.29 is 14.7 Å². The van der Waals surface area contributed by atoms with Crippen molar-refractivity contribution in [2.24, 2.45) is 0 Å². The predicted octanol–water partition coefficient (Wildman–Crippen LogP) is 6.06. The van der Waals surface area contributed by atoms with Gasteiger partial charge in [0.25, 0.3) is 0 Å². The molecule has 3 heterocycles. The van der Waals surface area contributed by atoms with Crippen LogP contribution in [-0.2, 0) is 11.3 Å². The van der Waals surface area contributed by atoms with Crippen LogP contribution in [0.3, 0.4) is 0 Å². The molecule has 0 radical (unpaired) electrons. The molecule has 0 bridgehead atoms. The van der Waals surface area contributed by atoms with Gasteiger partial charge < -0.3 is 9.67 Å². The smallest absolute Gasteiger partial charge is 0.320 e. The standard InChI is InChI=1S/C29H34N2O3/c1-4-8-19(9-5-2)27-22-13-12-18(17-32)14-24(22)31-16-26-23(15-25(29(33)34)30(26)3)20-10-6-7-11-21(20)28(27)31/h6-7,10-14,17,19,23,25-26H,4-5,8-9,15-16H2,1-3H3,(H,33,34)/t23-,25-,26+/m1/s1. The van der Waals surface area contributed by atoms with E-state index in [-0.39, 0.29) is 12.0 Å². The van der Waals surface area contributed by atoms with Crippen LogP contribution in [0.4, 0.5) is 0 Å². The molecule has 0 amide bonds. The minimum absolute atomic E-state index is 0.0858. The lowest BCUT2D eigenvalue weighted by molar-refractivity contribution is -0.142. The van der Waals surface area contributed by atoms with E-state index in [1.807, 2.05) is 19.2 Å². The molecule has 0 aliphatic carbocycles. The Morgan fingerprint density at radius 3 is 2.56 bits per heavy atom. The van der Waals surface area contributed by atoms with E-state index in [1.54, 1.807) is 0 Å². The second-order valence-corrected chi connectivity index (χ2v) is 10.1. The Hall–Kier alpha value is -2.92. The third-order valence-electron chi connectivity index (χ3n) is 8.17. The summed E-state index contributed by atoms with van der Waals surface area (Å²) >= 11 is 0. The maximum atomic E-state index is 12.0. The molecule has 5 nitrogen and oxygen atoms in total. The Morgan fingerprint density at radius 1 is 1.15 bits per heavy atom. The molecular formula is C29H34N2O3. The molecule has 1 aromatic heterocycles. The number of rotatable bonds is 7. The molecular weight excluding hydrogens is 424 g/mol. The Labute approximate surface area is 201 Å². The van der Waals surface area contributed by atoms with E-state index < -0.39 is 12.0 Å². The number of carboxylic acid groups (broad SMARTS) is 1. The molecule has 3 aromatic rings. The van der Waals surface area contributed by atoms with Gasteiger partial charge in [0.05, 0.1) is 5.69 Å². The van der Waals surface area contributed by atoms with Crippen molar-refractivity contribution in [2.45, 2.75) is 76.4 Å². The van der Waals surface area contributed by atoms with E-state index >= 15 is 0 Å². The molecule has 3 atom stereocenters. The van der Waals surface area contributed by atoms with Crippen LogP contribution in [0.15, 0.2) is 42.5 Å². The summed E-state index contributed by atoms with van der Waals surface area (Å²) in [6.07, 6.45) is 6.05. The highest BCUT2D eigenvalue weighted by molar-refractivity contribution is 5.96. The van der Waals surface area contributed by atoms with Crippen LogP contribution in [-0.4, -0.2) is 46.0 Å². The quantitative estimate of drug-likeness (QED) is 0.437. The number of hydrogen-bond donors (Lipinski definition) is 1. The normalized spacial score (nSPS) is 21.8. The summed E-state index contributed by atoms with van der Waals surface area (Å²) in [6, 6.07) is 14.3. The summed E-state index contributed by atoms with van der Waals surface area (Å²) in [5.74, 6) is -0.137. The summed E-state index contributed by atoms with van der Waals surface area (Å²) < 4.78 is 2.40. The summed E-state index contributed by atoms with van der Waals surface area (Å²) in [4.78, 5) is 25.8. The van der Waals surface area contributed by atoms with E-state index in [1.165, 1.54) is 27.8 Å². The molecule has 5 rings (SSSR count). The first kappa shape index (κ1) is 22.9. The van der Waals surface area contributed by atoms with Crippen molar-refractivity contribution in [3.05, 3.63) is 59.2 Å². The lowest BCUT2D eigenvalue weighted by Crippen LogP contribution is -2.39. The second-order valence-electron chi connectivity index (χ2n) is 10.1. The van der Waals surface area contributed by atoms with Gasteiger partial charge >= 0.3 is 5.97 Å². The van der Waals surface area contributed by atoms with Gasteiger partial charge in [0.2, 0.25) is 0 Å². The zero-order valence-electron chi connectivity index (χ0n) is 20.3. The maximum Gasteiger partial charge on any atom is 0.320 e. The first-order valence-electron chi connectivity index (χ1n) is 12.6. The largest absolute Gasteiger partial charge is 0.480 e. The molecule has 5 heteroatoms. The summed E-state index contributed by atoms with van der Waals surface area (Å²) in [5, 5.41) is 11.1. The van der Waals surface area contributed by atoms with Crippen LogP contribution < -0.4 is 0 Å². The Kier molecular flexibility index (Phi) is 6.07. The average molecular weight is 459 g/mol. The predicted molar refractivity (Wildman–Crippen MR) is 136 cm³/mol. The third kappa shape index (κ3) is 3.49. The van der Waals surface area contributed by atoms with Crippen molar-refractivity contribution in [3.8, 4) is 11.3 Å². The SMILES string of the molecule is CCCC(CCC)c1c2n(c3cc(C=O)ccc13)C[C@H]1[C@H](C[C@H](C(=O)O)N1C)c1ccccc1-2.